The monoisotopic (exact) mass is 330 g/mol. The van der Waals surface area contributed by atoms with Crippen molar-refractivity contribution in [2.24, 2.45) is 0 Å². The Kier molecular flexibility index (Phi) is 4.16. The normalized spacial score (nSPS) is 10.6. The molecule has 0 fully saturated rings. The summed E-state index contributed by atoms with van der Waals surface area (Å²) in [5.41, 5.74) is 1.84. The maximum atomic E-state index is 14.2. The first-order valence-electron chi connectivity index (χ1n) is 6.82. The lowest BCUT2D eigenvalue weighted by molar-refractivity contribution is -0.114. The van der Waals surface area contributed by atoms with E-state index in [0.717, 1.165) is 0 Å². The van der Waals surface area contributed by atoms with Crippen molar-refractivity contribution in [1.29, 1.82) is 0 Å². The lowest BCUT2D eigenvalue weighted by Gasteiger charge is -2.04. The van der Waals surface area contributed by atoms with Crippen LogP contribution < -0.4 is 5.32 Å². The zero-order valence-corrected chi connectivity index (χ0v) is 13.0. The molecular weight excluding hydrogens is 318 g/mol. The zero-order valence-electron chi connectivity index (χ0n) is 12.1. The predicted octanol–water partition coefficient (Wildman–Crippen LogP) is 4.71. The Bertz CT molecular complexity index is 877. The molecular formula is C17H12F2N2OS. The van der Waals surface area contributed by atoms with Gasteiger partial charge in [0, 0.05) is 29.1 Å². The molecule has 0 saturated carbocycles. The van der Waals surface area contributed by atoms with Gasteiger partial charge < -0.3 is 5.32 Å². The van der Waals surface area contributed by atoms with Gasteiger partial charge in [0.2, 0.25) is 5.91 Å². The molecule has 0 radical (unpaired) electrons. The number of amides is 1. The van der Waals surface area contributed by atoms with Gasteiger partial charge in [0.05, 0.1) is 5.69 Å². The van der Waals surface area contributed by atoms with Gasteiger partial charge in [-0.3, -0.25) is 4.79 Å². The Morgan fingerprint density at radius 1 is 1.17 bits per heavy atom. The Morgan fingerprint density at radius 3 is 2.70 bits per heavy atom. The summed E-state index contributed by atoms with van der Waals surface area (Å²) < 4.78 is 27.5. The van der Waals surface area contributed by atoms with Crippen LogP contribution in [0.1, 0.15) is 6.92 Å². The van der Waals surface area contributed by atoms with Gasteiger partial charge >= 0.3 is 0 Å². The molecule has 1 aromatic heterocycles. The summed E-state index contributed by atoms with van der Waals surface area (Å²) in [4.78, 5) is 15.4. The average Bonchev–Trinajstić information content (AvgIpc) is 2.96. The number of carbonyl (C=O) groups is 1. The molecule has 0 aliphatic rings. The Balaban J connectivity index is 1.93. The minimum Gasteiger partial charge on any atom is -0.326 e. The SMILES string of the molecule is CC(=O)Nc1ccc(-c2csc(-c3cccc(F)c3)n2)c(F)c1. The molecule has 0 spiro atoms. The largest absolute Gasteiger partial charge is 0.326 e. The molecule has 1 heterocycles. The maximum Gasteiger partial charge on any atom is 0.221 e. The number of hydrogen-bond donors (Lipinski definition) is 1. The first kappa shape index (κ1) is 15.3. The smallest absolute Gasteiger partial charge is 0.221 e. The van der Waals surface area contributed by atoms with Crippen molar-refractivity contribution in [2.75, 3.05) is 5.32 Å². The van der Waals surface area contributed by atoms with Crippen LogP contribution in [0.3, 0.4) is 0 Å². The van der Waals surface area contributed by atoms with E-state index in [1.807, 2.05) is 0 Å². The number of benzene rings is 2. The van der Waals surface area contributed by atoms with E-state index in [4.69, 9.17) is 0 Å². The van der Waals surface area contributed by atoms with Crippen molar-refractivity contribution in [2.45, 2.75) is 6.92 Å². The van der Waals surface area contributed by atoms with Gasteiger partial charge in [0.1, 0.15) is 16.6 Å². The van der Waals surface area contributed by atoms with Gasteiger partial charge in [-0.1, -0.05) is 12.1 Å². The molecule has 3 aromatic rings. The number of halogens is 2. The molecule has 3 nitrogen and oxygen atoms in total. The number of nitrogens with one attached hydrogen (secondary N) is 1. The summed E-state index contributed by atoms with van der Waals surface area (Å²) in [5, 5.41) is 4.86. The molecule has 0 aliphatic carbocycles. The van der Waals surface area contributed by atoms with E-state index in [0.29, 0.717) is 27.5 Å². The highest BCUT2D eigenvalue weighted by atomic mass is 32.1. The zero-order chi connectivity index (χ0) is 16.4. The highest BCUT2D eigenvalue weighted by molar-refractivity contribution is 7.13. The standard InChI is InChI=1S/C17H12F2N2OS/c1-10(22)20-13-5-6-14(15(19)8-13)16-9-23-17(21-16)11-3-2-4-12(18)7-11/h2-9H,1H3,(H,20,22). The molecule has 1 amide bonds. The van der Waals surface area contributed by atoms with Crippen LogP contribution >= 0.6 is 11.3 Å². The first-order valence-corrected chi connectivity index (χ1v) is 7.70. The van der Waals surface area contributed by atoms with Gasteiger partial charge in [-0.15, -0.1) is 11.3 Å². The van der Waals surface area contributed by atoms with Gasteiger partial charge in [-0.2, -0.15) is 0 Å². The summed E-state index contributed by atoms with van der Waals surface area (Å²) in [5.74, 6) is -1.09. The summed E-state index contributed by atoms with van der Waals surface area (Å²) >= 11 is 1.32. The van der Waals surface area contributed by atoms with Crippen LogP contribution in [0.2, 0.25) is 0 Å². The van der Waals surface area contributed by atoms with E-state index < -0.39 is 5.82 Å². The van der Waals surface area contributed by atoms with Crippen LogP contribution in [0.5, 0.6) is 0 Å². The number of carbonyl (C=O) groups excluding carboxylic acids is 1. The Labute approximate surface area is 135 Å². The fourth-order valence-electron chi connectivity index (χ4n) is 2.16. The van der Waals surface area contributed by atoms with Crippen LogP contribution in [-0.2, 0) is 4.79 Å². The van der Waals surface area contributed by atoms with Gasteiger partial charge in [0.25, 0.3) is 0 Å². The minimum absolute atomic E-state index is 0.265. The fraction of sp³-hybridized carbons (Fsp3) is 0.0588. The van der Waals surface area contributed by atoms with Crippen molar-refractivity contribution < 1.29 is 13.6 Å². The maximum absolute atomic E-state index is 14.2. The lowest BCUT2D eigenvalue weighted by atomic mass is 10.1. The van der Waals surface area contributed by atoms with Crippen molar-refractivity contribution in [1.82, 2.24) is 4.98 Å². The molecule has 3 rings (SSSR count). The van der Waals surface area contributed by atoms with Gasteiger partial charge in [0.15, 0.2) is 0 Å². The number of anilines is 1. The highest BCUT2D eigenvalue weighted by Gasteiger charge is 2.12. The van der Waals surface area contributed by atoms with Crippen LogP contribution in [0.4, 0.5) is 14.5 Å². The average molecular weight is 330 g/mol. The minimum atomic E-state index is -0.479. The quantitative estimate of drug-likeness (QED) is 0.755. The van der Waals surface area contributed by atoms with Crippen molar-refractivity contribution >= 4 is 22.9 Å². The third-order valence-corrected chi connectivity index (χ3v) is 4.03. The van der Waals surface area contributed by atoms with Crippen LogP contribution in [0.15, 0.2) is 47.8 Å². The second-order valence-electron chi connectivity index (χ2n) is 4.92. The number of thiazole rings is 1. The summed E-state index contributed by atoms with van der Waals surface area (Å²) in [7, 11) is 0. The van der Waals surface area contributed by atoms with Crippen LogP contribution in [0.25, 0.3) is 21.8 Å². The lowest BCUT2D eigenvalue weighted by Crippen LogP contribution is -2.05. The fourth-order valence-corrected chi connectivity index (χ4v) is 2.97. The van der Waals surface area contributed by atoms with E-state index in [2.05, 4.69) is 10.3 Å². The van der Waals surface area contributed by atoms with Gasteiger partial charge in [-0.25, -0.2) is 13.8 Å². The second kappa shape index (κ2) is 6.26. The number of hydrogen-bond acceptors (Lipinski definition) is 3. The number of nitrogens with zero attached hydrogens (tertiary/aromatic N) is 1. The van der Waals surface area contributed by atoms with Crippen LogP contribution in [-0.4, -0.2) is 10.9 Å². The summed E-state index contributed by atoms with van der Waals surface area (Å²) in [6, 6.07) is 10.5. The van der Waals surface area contributed by atoms with E-state index >= 15 is 0 Å². The molecule has 0 unspecified atom stereocenters. The molecule has 0 atom stereocenters. The highest BCUT2D eigenvalue weighted by Crippen LogP contribution is 2.31. The topological polar surface area (TPSA) is 42.0 Å². The Hall–Kier alpha value is -2.60. The summed E-state index contributed by atoms with van der Waals surface area (Å²) in [6.07, 6.45) is 0. The van der Waals surface area contributed by atoms with Crippen molar-refractivity contribution in [3.05, 3.63) is 59.5 Å². The predicted molar refractivity (Wildman–Crippen MR) is 87.2 cm³/mol. The molecule has 0 bridgehead atoms. The molecule has 6 heteroatoms. The Morgan fingerprint density at radius 2 is 2.00 bits per heavy atom. The van der Waals surface area contributed by atoms with E-state index in [1.165, 1.54) is 36.5 Å². The molecule has 0 aliphatic heterocycles. The van der Waals surface area contributed by atoms with Crippen LogP contribution in [0, 0.1) is 11.6 Å². The first-order chi connectivity index (χ1) is 11.0. The molecule has 0 saturated heterocycles. The van der Waals surface area contributed by atoms with Crippen molar-refractivity contribution in [3.63, 3.8) is 0 Å². The van der Waals surface area contributed by atoms with Gasteiger partial charge in [-0.05, 0) is 30.3 Å². The number of rotatable bonds is 3. The van der Waals surface area contributed by atoms with E-state index in [9.17, 15) is 13.6 Å². The second-order valence-corrected chi connectivity index (χ2v) is 5.78. The number of aromatic nitrogens is 1. The van der Waals surface area contributed by atoms with E-state index in [-0.39, 0.29) is 11.7 Å². The van der Waals surface area contributed by atoms with E-state index in [1.54, 1.807) is 29.6 Å². The molecule has 1 N–H and O–H groups in total. The third-order valence-electron chi connectivity index (χ3n) is 3.14. The summed E-state index contributed by atoms with van der Waals surface area (Å²) in [6.45, 7) is 1.36. The third kappa shape index (κ3) is 3.43. The van der Waals surface area contributed by atoms with Crippen molar-refractivity contribution in [3.8, 4) is 21.8 Å². The molecule has 116 valence electrons. The molecule has 23 heavy (non-hydrogen) atoms. The molecule has 2 aromatic carbocycles.